The van der Waals surface area contributed by atoms with Gasteiger partial charge in [0.2, 0.25) is 5.95 Å². The van der Waals surface area contributed by atoms with E-state index < -0.39 is 0 Å². The summed E-state index contributed by atoms with van der Waals surface area (Å²) in [5, 5.41) is 2.92. The minimum absolute atomic E-state index is 0.143. The van der Waals surface area contributed by atoms with Crippen molar-refractivity contribution in [2.75, 3.05) is 12.3 Å². The molecule has 2 aromatic heterocycles. The molecule has 2 heterocycles. The summed E-state index contributed by atoms with van der Waals surface area (Å²) in [6, 6.07) is 10.7. The van der Waals surface area contributed by atoms with E-state index in [1.807, 2.05) is 6.20 Å². The molecule has 0 bridgehead atoms. The molecule has 0 spiro atoms. The van der Waals surface area contributed by atoms with Crippen molar-refractivity contribution in [3.05, 3.63) is 58.0 Å². The summed E-state index contributed by atoms with van der Waals surface area (Å²) in [7, 11) is 0. The molecule has 0 atom stereocenters. The zero-order valence-corrected chi connectivity index (χ0v) is 13.5. The SMILES string of the molecule is Nc1nc2[nH]cc(C[NH2+]CC3(Cc4ccccc4)CC3)c2c(=O)[nH]1. The molecule has 0 unspecified atom stereocenters. The van der Waals surface area contributed by atoms with Gasteiger partial charge in [-0.15, -0.1) is 0 Å². The van der Waals surface area contributed by atoms with E-state index >= 15 is 0 Å². The van der Waals surface area contributed by atoms with Gasteiger partial charge in [-0.2, -0.15) is 4.98 Å². The van der Waals surface area contributed by atoms with Crippen molar-refractivity contribution < 1.29 is 5.32 Å². The molecule has 0 radical (unpaired) electrons. The Morgan fingerprint density at radius 1 is 1.25 bits per heavy atom. The standard InChI is InChI=1S/C18H21N5O/c19-17-22-15-14(16(24)23-17)13(10-21-15)9-20-11-18(6-7-18)8-12-4-2-1-3-5-12/h1-5,10,20H,6-9,11H2,(H4,19,21,22,23,24)/p+1. The number of H-pyrrole nitrogens is 2. The number of quaternary nitrogens is 1. The Labute approximate surface area is 139 Å². The van der Waals surface area contributed by atoms with E-state index in [9.17, 15) is 4.79 Å². The van der Waals surface area contributed by atoms with E-state index in [0.717, 1.165) is 25.1 Å². The minimum atomic E-state index is -0.174. The number of fused-ring (bicyclic) bond motifs is 1. The average Bonchev–Trinajstić information content (AvgIpc) is 3.19. The fourth-order valence-corrected chi connectivity index (χ4v) is 3.47. The Bertz CT molecular complexity index is 908. The molecule has 1 saturated carbocycles. The van der Waals surface area contributed by atoms with Crippen LogP contribution in [0.2, 0.25) is 0 Å². The maximum absolute atomic E-state index is 12.1. The molecule has 1 fully saturated rings. The molecular weight excluding hydrogens is 302 g/mol. The van der Waals surface area contributed by atoms with Crippen molar-refractivity contribution >= 4 is 17.0 Å². The molecule has 6 N–H and O–H groups in total. The number of nitrogens with zero attached hydrogens (tertiary/aromatic N) is 1. The lowest BCUT2D eigenvalue weighted by Gasteiger charge is -2.13. The zero-order chi connectivity index (χ0) is 16.6. The summed E-state index contributed by atoms with van der Waals surface area (Å²) in [4.78, 5) is 21.8. The van der Waals surface area contributed by atoms with E-state index in [2.05, 4.69) is 50.6 Å². The van der Waals surface area contributed by atoms with E-state index in [0.29, 0.717) is 16.4 Å². The molecule has 1 aromatic carbocycles. The molecule has 3 aromatic rings. The Morgan fingerprint density at radius 2 is 2.04 bits per heavy atom. The second-order valence-corrected chi connectivity index (χ2v) is 6.85. The van der Waals surface area contributed by atoms with Crippen LogP contribution in [0.1, 0.15) is 24.0 Å². The van der Waals surface area contributed by atoms with Gasteiger partial charge >= 0.3 is 0 Å². The predicted molar refractivity (Wildman–Crippen MR) is 93.4 cm³/mol. The summed E-state index contributed by atoms with van der Waals surface area (Å²) in [6.07, 6.45) is 5.56. The molecule has 6 nitrogen and oxygen atoms in total. The number of hydrogen-bond donors (Lipinski definition) is 4. The first-order chi connectivity index (χ1) is 11.7. The summed E-state index contributed by atoms with van der Waals surface area (Å²) >= 11 is 0. The first-order valence-corrected chi connectivity index (χ1v) is 8.37. The van der Waals surface area contributed by atoms with E-state index in [4.69, 9.17) is 5.73 Å². The van der Waals surface area contributed by atoms with Crippen molar-refractivity contribution in [2.45, 2.75) is 25.8 Å². The van der Waals surface area contributed by atoms with Gasteiger partial charge in [-0.25, -0.2) is 0 Å². The second kappa shape index (κ2) is 5.79. The third-order valence-electron chi connectivity index (χ3n) is 4.96. The fourth-order valence-electron chi connectivity index (χ4n) is 3.47. The first-order valence-electron chi connectivity index (χ1n) is 8.37. The number of aromatic amines is 2. The van der Waals surface area contributed by atoms with E-state index in [-0.39, 0.29) is 11.5 Å². The van der Waals surface area contributed by atoms with Crippen LogP contribution >= 0.6 is 0 Å². The molecule has 1 aliphatic carbocycles. The molecule has 6 heteroatoms. The number of benzene rings is 1. The van der Waals surface area contributed by atoms with Gasteiger partial charge in [0.25, 0.3) is 5.56 Å². The van der Waals surface area contributed by atoms with Crippen LogP contribution in [0.5, 0.6) is 0 Å². The van der Waals surface area contributed by atoms with Crippen molar-refractivity contribution in [3.8, 4) is 0 Å². The largest absolute Gasteiger partial charge is 0.369 e. The van der Waals surface area contributed by atoms with Gasteiger partial charge in [0.1, 0.15) is 12.2 Å². The number of nitrogen functional groups attached to an aromatic ring is 1. The van der Waals surface area contributed by atoms with Crippen LogP contribution in [-0.2, 0) is 13.0 Å². The van der Waals surface area contributed by atoms with Gasteiger partial charge in [-0.05, 0) is 24.8 Å². The predicted octanol–water partition coefficient (Wildman–Crippen LogP) is 0.920. The number of nitrogens with two attached hydrogens (primary N) is 2. The molecule has 0 amide bonds. The lowest BCUT2D eigenvalue weighted by Crippen LogP contribution is -2.84. The summed E-state index contributed by atoms with van der Waals surface area (Å²) in [6.45, 7) is 1.85. The van der Waals surface area contributed by atoms with E-state index in [1.165, 1.54) is 18.4 Å². The lowest BCUT2D eigenvalue weighted by atomic mass is 9.96. The van der Waals surface area contributed by atoms with Crippen LogP contribution in [0, 0.1) is 5.41 Å². The van der Waals surface area contributed by atoms with Crippen LogP contribution in [-0.4, -0.2) is 21.5 Å². The second-order valence-electron chi connectivity index (χ2n) is 6.85. The number of hydrogen-bond acceptors (Lipinski definition) is 3. The molecular formula is C18H22N5O+. The number of aromatic nitrogens is 3. The van der Waals surface area contributed by atoms with Gasteiger partial charge < -0.3 is 16.0 Å². The topological polar surface area (TPSA) is 104 Å². The van der Waals surface area contributed by atoms with Gasteiger partial charge in [-0.3, -0.25) is 9.78 Å². The van der Waals surface area contributed by atoms with Gasteiger partial charge in [0.05, 0.1) is 11.9 Å². The van der Waals surface area contributed by atoms with Gasteiger partial charge in [-0.1, -0.05) is 30.3 Å². The Balaban J connectivity index is 1.42. The highest BCUT2D eigenvalue weighted by Crippen LogP contribution is 2.47. The molecule has 1 aliphatic rings. The quantitative estimate of drug-likeness (QED) is 0.542. The maximum atomic E-state index is 12.1. The highest BCUT2D eigenvalue weighted by atomic mass is 16.1. The normalized spacial score (nSPS) is 15.7. The van der Waals surface area contributed by atoms with Crippen molar-refractivity contribution in [2.24, 2.45) is 5.41 Å². The third kappa shape index (κ3) is 2.92. The smallest absolute Gasteiger partial charge is 0.262 e. The Morgan fingerprint density at radius 3 is 2.79 bits per heavy atom. The van der Waals surface area contributed by atoms with Gasteiger partial charge in [0, 0.05) is 17.2 Å². The van der Waals surface area contributed by atoms with E-state index in [1.54, 1.807) is 0 Å². The minimum Gasteiger partial charge on any atom is -0.369 e. The van der Waals surface area contributed by atoms with Crippen LogP contribution in [0.25, 0.3) is 11.0 Å². The molecule has 0 aliphatic heterocycles. The summed E-state index contributed by atoms with van der Waals surface area (Å²) < 4.78 is 0. The Hall–Kier alpha value is -2.60. The van der Waals surface area contributed by atoms with Crippen LogP contribution in [0.3, 0.4) is 0 Å². The number of rotatable bonds is 6. The number of nitrogens with one attached hydrogen (secondary N) is 2. The zero-order valence-electron chi connectivity index (χ0n) is 13.5. The fraction of sp³-hybridized carbons (Fsp3) is 0.333. The van der Waals surface area contributed by atoms with Crippen molar-refractivity contribution in [1.29, 1.82) is 0 Å². The highest BCUT2D eigenvalue weighted by Gasteiger charge is 2.44. The average molecular weight is 324 g/mol. The van der Waals surface area contributed by atoms with Crippen LogP contribution < -0.4 is 16.6 Å². The Kier molecular flexibility index (Phi) is 3.61. The monoisotopic (exact) mass is 324 g/mol. The first kappa shape index (κ1) is 15.0. The molecule has 4 rings (SSSR count). The highest BCUT2D eigenvalue weighted by molar-refractivity contribution is 5.79. The van der Waals surface area contributed by atoms with Crippen LogP contribution in [0.15, 0.2) is 41.3 Å². The van der Waals surface area contributed by atoms with Crippen molar-refractivity contribution in [3.63, 3.8) is 0 Å². The van der Waals surface area contributed by atoms with Crippen molar-refractivity contribution in [1.82, 2.24) is 15.0 Å². The summed E-state index contributed by atoms with van der Waals surface area (Å²) in [5.41, 5.74) is 8.77. The summed E-state index contributed by atoms with van der Waals surface area (Å²) in [5.74, 6) is 0.143. The van der Waals surface area contributed by atoms with Gasteiger partial charge in [0.15, 0.2) is 0 Å². The molecule has 0 saturated heterocycles. The third-order valence-corrected chi connectivity index (χ3v) is 4.96. The molecule has 24 heavy (non-hydrogen) atoms. The lowest BCUT2D eigenvalue weighted by molar-refractivity contribution is -0.678. The molecule has 124 valence electrons. The maximum Gasteiger partial charge on any atom is 0.262 e. The van der Waals surface area contributed by atoms with Crippen LogP contribution in [0.4, 0.5) is 5.95 Å². The number of anilines is 1.